The fraction of sp³-hybridized carbons (Fsp3) is 0.250. The summed E-state index contributed by atoms with van der Waals surface area (Å²) >= 11 is 3.37. The molecule has 5 nitrogen and oxygen atoms in total. The molecule has 0 fully saturated rings. The van der Waals surface area contributed by atoms with Gasteiger partial charge in [-0.05, 0) is 23.8 Å². The zero-order valence-electron chi connectivity index (χ0n) is 10.6. The Labute approximate surface area is 121 Å². The predicted molar refractivity (Wildman–Crippen MR) is 76.0 cm³/mol. The van der Waals surface area contributed by atoms with Crippen LogP contribution in [0.5, 0.6) is 0 Å². The topological polar surface area (TPSA) is 55.2 Å². The second kappa shape index (κ2) is 5.44. The quantitative estimate of drug-likeness (QED) is 0.853. The van der Waals surface area contributed by atoms with Gasteiger partial charge in [0.15, 0.2) is 5.03 Å². The number of rotatable bonds is 4. The van der Waals surface area contributed by atoms with Crippen LogP contribution >= 0.6 is 15.9 Å². The van der Waals surface area contributed by atoms with Crippen molar-refractivity contribution >= 4 is 26.0 Å². The molecular weight excluding hydrogens is 330 g/mol. The van der Waals surface area contributed by atoms with Crippen molar-refractivity contribution in [2.24, 2.45) is 7.05 Å². The van der Waals surface area contributed by atoms with Crippen molar-refractivity contribution in [3.63, 3.8) is 0 Å². The zero-order valence-corrected chi connectivity index (χ0v) is 13.0. The van der Waals surface area contributed by atoms with E-state index in [9.17, 15) is 8.42 Å². The minimum atomic E-state index is -3.52. The largest absolute Gasteiger partial charge is 0.260 e. The molecule has 0 aliphatic carbocycles. The van der Waals surface area contributed by atoms with Gasteiger partial charge in [-0.25, -0.2) is 8.42 Å². The van der Waals surface area contributed by atoms with E-state index in [0.29, 0.717) is 6.54 Å². The van der Waals surface area contributed by atoms with E-state index < -0.39 is 10.0 Å². The van der Waals surface area contributed by atoms with E-state index in [1.807, 2.05) is 24.3 Å². The summed E-state index contributed by atoms with van der Waals surface area (Å²) in [5.41, 5.74) is 0.919. The van der Waals surface area contributed by atoms with Crippen molar-refractivity contribution in [3.8, 4) is 0 Å². The number of benzene rings is 1. The van der Waals surface area contributed by atoms with Crippen LogP contribution in [0.4, 0.5) is 0 Å². The van der Waals surface area contributed by atoms with Crippen molar-refractivity contribution in [3.05, 3.63) is 46.6 Å². The summed E-state index contributed by atoms with van der Waals surface area (Å²) in [7, 11) is -0.349. The Hall–Kier alpha value is -1.18. The third kappa shape index (κ3) is 3.05. The number of hydrogen-bond donors (Lipinski definition) is 0. The van der Waals surface area contributed by atoms with Crippen molar-refractivity contribution in [2.75, 3.05) is 7.05 Å². The van der Waals surface area contributed by atoms with Crippen molar-refractivity contribution in [1.29, 1.82) is 0 Å². The Kier molecular flexibility index (Phi) is 4.07. The maximum absolute atomic E-state index is 12.4. The molecule has 0 saturated carbocycles. The molecule has 0 aliphatic rings. The molecule has 1 aromatic carbocycles. The molecule has 0 spiro atoms. The molecule has 0 radical (unpaired) electrons. The molecule has 2 rings (SSSR count). The molecule has 0 atom stereocenters. The number of sulfonamides is 1. The average molecular weight is 344 g/mol. The highest BCUT2D eigenvalue weighted by Crippen LogP contribution is 2.17. The van der Waals surface area contributed by atoms with Crippen molar-refractivity contribution in [1.82, 2.24) is 14.1 Å². The van der Waals surface area contributed by atoms with Crippen LogP contribution in [0.1, 0.15) is 5.56 Å². The summed E-state index contributed by atoms with van der Waals surface area (Å²) in [5, 5.41) is 4.07. The Bertz CT molecular complexity index is 682. The fourth-order valence-corrected chi connectivity index (χ4v) is 3.45. The van der Waals surface area contributed by atoms with Crippen LogP contribution in [-0.4, -0.2) is 29.6 Å². The Morgan fingerprint density at radius 2 is 2.11 bits per heavy atom. The number of aromatic nitrogens is 2. The first kappa shape index (κ1) is 14.2. The summed E-state index contributed by atoms with van der Waals surface area (Å²) in [6, 6.07) is 9.06. The van der Waals surface area contributed by atoms with Crippen LogP contribution in [0.25, 0.3) is 0 Å². The van der Waals surface area contributed by atoms with E-state index in [1.54, 1.807) is 14.1 Å². The highest BCUT2D eigenvalue weighted by Gasteiger charge is 2.23. The van der Waals surface area contributed by atoms with Gasteiger partial charge in [-0.1, -0.05) is 28.1 Å². The number of halogens is 1. The maximum Gasteiger partial charge on any atom is 0.260 e. The summed E-state index contributed by atoms with van der Waals surface area (Å²) < 4.78 is 28.3. The third-order valence-corrected chi connectivity index (χ3v) is 5.12. The second-order valence-corrected chi connectivity index (χ2v) is 7.09. The standard InChI is InChI=1S/C12H14BrN3O2S/c1-15(9-10-4-3-5-11(13)8-10)19(17,18)12-6-7-14-16(12)2/h3-8H,9H2,1-2H3. The van der Waals surface area contributed by atoms with E-state index >= 15 is 0 Å². The minimum absolute atomic E-state index is 0.185. The van der Waals surface area contributed by atoms with Crippen molar-refractivity contribution in [2.45, 2.75) is 11.6 Å². The van der Waals surface area contributed by atoms with Gasteiger partial charge in [0.2, 0.25) is 0 Å². The van der Waals surface area contributed by atoms with Gasteiger partial charge < -0.3 is 0 Å². The van der Waals surface area contributed by atoms with E-state index in [-0.39, 0.29) is 5.03 Å². The van der Waals surface area contributed by atoms with E-state index in [4.69, 9.17) is 0 Å². The number of aryl methyl sites for hydroxylation is 1. The molecule has 0 saturated heterocycles. The van der Waals surface area contributed by atoms with Crippen LogP contribution in [-0.2, 0) is 23.6 Å². The molecule has 0 aliphatic heterocycles. The Morgan fingerprint density at radius 1 is 1.37 bits per heavy atom. The normalized spacial score (nSPS) is 12.0. The van der Waals surface area contributed by atoms with Crippen LogP contribution in [0.2, 0.25) is 0 Å². The smallest absolute Gasteiger partial charge is 0.256 e. The van der Waals surface area contributed by atoms with Gasteiger partial charge in [-0.3, -0.25) is 4.68 Å². The molecule has 0 N–H and O–H groups in total. The molecule has 19 heavy (non-hydrogen) atoms. The first-order valence-corrected chi connectivity index (χ1v) is 7.83. The van der Waals surface area contributed by atoms with Gasteiger partial charge in [0.05, 0.1) is 6.20 Å². The molecule has 0 bridgehead atoms. The van der Waals surface area contributed by atoms with Gasteiger partial charge in [0, 0.05) is 25.1 Å². The molecule has 7 heteroatoms. The van der Waals surface area contributed by atoms with Gasteiger partial charge in [-0.15, -0.1) is 0 Å². The molecule has 0 amide bonds. The lowest BCUT2D eigenvalue weighted by atomic mass is 10.2. The van der Waals surface area contributed by atoms with E-state index in [0.717, 1.165) is 10.0 Å². The lowest BCUT2D eigenvalue weighted by Gasteiger charge is -2.17. The summed E-state index contributed by atoms with van der Waals surface area (Å²) in [6.45, 7) is 0.312. The Balaban J connectivity index is 2.25. The average Bonchev–Trinajstić information content (AvgIpc) is 2.76. The number of hydrogen-bond acceptors (Lipinski definition) is 3. The Morgan fingerprint density at radius 3 is 2.68 bits per heavy atom. The third-order valence-electron chi connectivity index (χ3n) is 2.74. The molecule has 1 heterocycles. The maximum atomic E-state index is 12.4. The second-order valence-electron chi connectivity index (χ2n) is 4.18. The highest BCUT2D eigenvalue weighted by molar-refractivity contribution is 9.10. The molecular formula is C12H14BrN3O2S. The van der Waals surface area contributed by atoms with Crippen molar-refractivity contribution < 1.29 is 8.42 Å². The lowest BCUT2D eigenvalue weighted by molar-refractivity contribution is 0.457. The summed E-state index contributed by atoms with van der Waals surface area (Å²) in [5.74, 6) is 0. The zero-order chi connectivity index (χ0) is 14.0. The molecule has 102 valence electrons. The monoisotopic (exact) mass is 343 g/mol. The van der Waals surface area contributed by atoms with Gasteiger partial charge in [0.1, 0.15) is 0 Å². The first-order valence-electron chi connectivity index (χ1n) is 5.60. The molecule has 0 unspecified atom stereocenters. The summed E-state index contributed by atoms with van der Waals surface area (Å²) in [6.07, 6.45) is 1.47. The molecule has 2 aromatic rings. The van der Waals surface area contributed by atoms with Crippen LogP contribution in [0.15, 0.2) is 46.0 Å². The first-order chi connectivity index (χ1) is 8.91. The van der Waals surface area contributed by atoms with Gasteiger partial charge >= 0.3 is 0 Å². The molecule has 1 aromatic heterocycles. The SMILES string of the molecule is CN(Cc1cccc(Br)c1)S(=O)(=O)c1ccnn1C. The minimum Gasteiger partial charge on any atom is -0.256 e. The van der Waals surface area contributed by atoms with Crippen LogP contribution < -0.4 is 0 Å². The van der Waals surface area contributed by atoms with Crippen LogP contribution in [0, 0.1) is 0 Å². The fourth-order valence-electron chi connectivity index (χ4n) is 1.75. The summed E-state index contributed by atoms with van der Waals surface area (Å²) in [4.78, 5) is 0. The lowest BCUT2D eigenvalue weighted by Crippen LogP contribution is -2.28. The van der Waals surface area contributed by atoms with Crippen LogP contribution in [0.3, 0.4) is 0 Å². The predicted octanol–water partition coefficient (Wildman–Crippen LogP) is 2.00. The van der Waals surface area contributed by atoms with Gasteiger partial charge in [0.25, 0.3) is 10.0 Å². The van der Waals surface area contributed by atoms with E-state index in [1.165, 1.54) is 21.3 Å². The number of nitrogens with zero attached hydrogens (tertiary/aromatic N) is 3. The van der Waals surface area contributed by atoms with Gasteiger partial charge in [-0.2, -0.15) is 9.40 Å². The van der Waals surface area contributed by atoms with E-state index in [2.05, 4.69) is 21.0 Å². The highest BCUT2D eigenvalue weighted by atomic mass is 79.9.